The first-order valence-corrected chi connectivity index (χ1v) is 6.03. The number of aromatic hydroxyl groups is 1. The van der Waals surface area contributed by atoms with Crippen molar-refractivity contribution in [3.05, 3.63) is 59.7 Å². The normalized spacial score (nSPS) is 9.95. The minimum absolute atomic E-state index is 0.179. The molecule has 2 rings (SSSR count). The Bertz CT molecular complexity index is 582. The lowest BCUT2D eigenvalue weighted by molar-refractivity contribution is 0.251. The maximum atomic E-state index is 11.7. The summed E-state index contributed by atoms with van der Waals surface area (Å²) in [6.45, 7) is 2.25. The van der Waals surface area contributed by atoms with Gasteiger partial charge in [0.15, 0.2) is 0 Å². The van der Waals surface area contributed by atoms with Crippen LogP contribution in [-0.2, 0) is 6.54 Å². The fourth-order valence-corrected chi connectivity index (χ4v) is 1.73. The predicted molar refractivity (Wildman–Crippen MR) is 75.1 cm³/mol. The van der Waals surface area contributed by atoms with Crippen molar-refractivity contribution in [3.63, 3.8) is 0 Å². The first-order valence-electron chi connectivity index (χ1n) is 6.03. The third-order valence-corrected chi connectivity index (χ3v) is 2.71. The molecule has 0 aliphatic rings. The molecule has 2 amide bonds. The molecule has 0 bridgehead atoms. The summed E-state index contributed by atoms with van der Waals surface area (Å²) in [4.78, 5) is 11.7. The lowest BCUT2D eigenvalue weighted by atomic mass is 10.2. The Balaban J connectivity index is 1.90. The van der Waals surface area contributed by atoms with Crippen LogP contribution in [0.4, 0.5) is 10.5 Å². The van der Waals surface area contributed by atoms with Gasteiger partial charge in [-0.2, -0.15) is 0 Å². The fourth-order valence-electron chi connectivity index (χ4n) is 1.73. The zero-order valence-corrected chi connectivity index (χ0v) is 10.7. The topological polar surface area (TPSA) is 61.4 Å². The van der Waals surface area contributed by atoms with Crippen molar-refractivity contribution >= 4 is 11.7 Å². The quantitative estimate of drug-likeness (QED) is 0.790. The highest BCUT2D eigenvalue weighted by Crippen LogP contribution is 2.15. The molecule has 2 aromatic rings. The molecule has 4 nitrogen and oxygen atoms in total. The monoisotopic (exact) mass is 256 g/mol. The van der Waals surface area contributed by atoms with Gasteiger partial charge in [-0.3, -0.25) is 0 Å². The van der Waals surface area contributed by atoms with Crippen LogP contribution in [0.5, 0.6) is 5.75 Å². The Hall–Kier alpha value is -2.49. The lowest BCUT2D eigenvalue weighted by Gasteiger charge is -2.09. The second-order valence-electron chi connectivity index (χ2n) is 4.31. The van der Waals surface area contributed by atoms with Gasteiger partial charge in [-0.25, -0.2) is 4.79 Å². The molecule has 0 fully saturated rings. The summed E-state index contributed by atoms with van der Waals surface area (Å²) in [5, 5.41) is 15.0. The van der Waals surface area contributed by atoms with E-state index in [2.05, 4.69) is 10.6 Å². The molecule has 19 heavy (non-hydrogen) atoms. The molecule has 98 valence electrons. The molecule has 0 heterocycles. The molecule has 0 saturated heterocycles. The summed E-state index contributed by atoms with van der Waals surface area (Å²) in [6, 6.07) is 14.2. The summed E-state index contributed by atoms with van der Waals surface area (Å²) in [7, 11) is 0. The minimum Gasteiger partial charge on any atom is -0.508 e. The van der Waals surface area contributed by atoms with Crippen LogP contribution in [-0.4, -0.2) is 11.1 Å². The van der Waals surface area contributed by atoms with Crippen LogP contribution in [0, 0.1) is 6.92 Å². The summed E-state index contributed by atoms with van der Waals surface area (Å²) in [5.74, 6) is 0.179. The van der Waals surface area contributed by atoms with Gasteiger partial charge in [-0.1, -0.05) is 30.3 Å². The number of carbonyl (C=O) groups is 1. The van der Waals surface area contributed by atoms with Gasteiger partial charge in [0.25, 0.3) is 0 Å². The number of hydrogen-bond donors (Lipinski definition) is 3. The smallest absolute Gasteiger partial charge is 0.319 e. The van der Waals surface area contributed by atoms with Crippen molar-refractivity contribution in [2.45, 2.75) is 13.5 Å². The second kappa shape index (κ2) is 5.91. The maximum Gasteiger partial charge on any atom is 0.319 e. The molecule has 2 aromatic carbocycles. The van der Waals surface area contributed by atoms with E-state index in [1.165, 1.54) is 0 Å². The first-order chi connectivity index (χ1) is 9.15. The van der Waals surface area contributed by atoms with E-state index in [1.807, 2.05) is 37.3 Å². The Kier molecular flexibility index (Phi) is 4.03. The van der Waals surface area contributed by atoms with Crippen LogP contribution >= 0.6 is 0 Å². The number of aryl methyl sites for hydroxylation is 1. The number of carbonyl (C=O) groups excluding carboxylic acids is 1. The van der Waals surface area contributed by atoms with Gasteiger partial charge in [0.2, 0.25) is 0 Å². The second-order valence-corrected chi connectivity index (χ2v) is 4.31. The van der Waals surface area contributed by atoms with Crippen molar-refractivity contribution in [1.82, 2.24) is 5.32 Å². The number of nitrogens with one attached hydrogen (secondary N) is 2. The van der Waals surface area contributed by atoms with Crippen LogP contribution < -0.4 is 10.6 Å². The number of phenols is 1. The van der Waals surface area contributed by atoms with Crippen molar-refractivity contribution in [1.29, 1.82) is 0 Å². The molecular weight excluding hydrogens is 240 g/mol. The van der Waals surface area contributed by atoms with Crippen molar-refractivity contribution in [2.24, 2.45) is 0 Å². The molecule has 4 heteroatoms. The summed E-state index contributed by atoms with van der Waals surface area (Å²) in [6.07, 6.45) is 0. The number of anilines is 1. The van der Waals surface area contributed by atoms with E-state index in [9.17, 15) is 9.90 Å². The van der Waals surface area contributed by atoms with Crippen LogP contribution in [0.1, 0.15) is 11.1 Å². The number of phenolic OH excluding ortho intramolecular Hbond substituents is 1. The molecule has 0 atom stereocenters. The number of para-hydroxylation sites is 1. The average Bonchev–Trinajstić information content (AvgIpc) is 2.38. The Morgan fingerprint density at radius 2 is 1.95 bits per heavy atom. The Labute approximate surface area is 112 Å². The molecular formula is C15H16N2O2. The van der Waals surface area contributed by atoms with Crippen LogP contribution in [0.3, 0.4) is 0 Å². The maximum absolute atomic E-state index is 11.7. The van der Waals surface area contributed by atoms with E-state index in [1.54, 1.807) is 18.2 Å². The predicted octanol–water partition coefficient (Wildman–Crippen LogP) is 3.02. The summed E-state index contributed by atoms with van der Waals surface area (Å²) < 4.78 is 0. The van der Waals surface area contributed by atoms with E-state index in [0.717, 1.165) is 11.3 Å². The molecule has 0 spiro atoms. The third kappa shape index (κ3) is 3.74. The Morgan fingerprint density at radius 3 is 2.68 bits per heavy atom. The molecule has 0 saturated carbocycles. The highest BCUT2D eigenvalue weighted by Gasteiger charge is 2.04. The van der Waals surface area contributed by atoms with E-state index < -0.39 is 0 Å². The molecule has 0 unspecified atom stereocenters. The van der Waals surface area contributed by atoms with Crippen LogP contribution in [0.25, 0.3) is 0 Å². The van der Waals surface area contributed by atoms with Gasteiger partial charge in [-0.05, 0) is 30.7 Å². The highest BCUT2D eigenvalue weighted by atomic mass is 16.3. The highest BCUT2D eigenvalue weighted by molar-refractivity contribution is 5.89. The molecule has 0 aliphatic carbocycles. The number of rotatable bonds is 3. The van der Waals surface area contributed by atoms with Crippen LogP contribution in [0.15, 0.2) is 48.5 Å². The zero-order valence-electron chi connectivity index (χ0n) is 10.7. The third-order valence-electron chi connectivity index (χ3n) is 2.71. The van der Waals surface area contributed by atoms with Gasteiger partial charge in [0.1, 0.15) is 5.75 Å². The molecule has 0 aromatic heterocycles. The first kappa shape index (κ1) is 13.0. The van der Waals surface area contributed by atoms with Gasteiger partial charge in [-0.15, -0.1) is 0 Å². The number of amides is 2. The van der Waals surface area contributed by atoms with Crippen molar-refractivity contribution < 1.29 is 9.90 Å². The summed E-state index contributed by atoms with van der Waals surface area (Å²) >= 11 is 0. The van der Waals surface area contributed by atoms with E-state index in [0.29, 0.717) is 5.56 Å². The standard InChI is InChI=1S/C15H16N2O2/c1-11-5-4-7-13(9-11)17-15(19)16-10-12-6-2-3-8-14(12)18/h2-9,18H,10H2,1H3,(H2,16,17,19). The molecule has 3 N–H and O–H groups in total. The van der Waals surface area contributed by atoms with Crippen LogP contribution in [0.2, 0.25) is 0 Å². The van der Waals surface area contributed by atoms with Crippen molar-refractivity contribution in [2.75, 3.05) is 5.32 Å². The largest absolute Gasteiger partial charge is 0.508 e. The Morgan fingerprint density at radius 1 is 1.16 bits per heavy atom. The number of hydrogen-bond acceptors (Lipinski definition) is 2. The average molecular weight is 256 g/mol. The lowest BCUT2D eigenvalue weighted by Crippen LogP contribution is -2.28. The number of benzene rings is 2. The minimum atomic E-state index is -0.297. The van der Waals surface area contributed by atoms with Gasteiger partial charge in [0, 0.05) is 17.8 Å². The molecule has 0 radical (unpaired) electrons. The van der Waals surface area contributed by atoms with Crippen molar-refractivity contribution in [3.8, 4) is 5.75 Å². The fraction of sp³-hybridized carbons (Fsp3) is 0.133. The van der Waals surface area contributed by atoms with Gasteiger partial charge in [0.05, 0.1) is 0 Å². The van der Waals surface area contributed by atoms with Gasteiger partial charge < -0.3 is 15.7 Å². The van der Waals surface area contributed by atoms with E-state index >= 15 is 0 Å². The molecule has 0 aliphatic heterocycles. The van der Waals surface area contributed by atoms with E-state index in [4.69, 9.17) is 0 Å². The van der Waals surface area contributed by atoms with Gasteiger partial charge >= 0.3 is 6.03 Å². The summed E-state index contributed by atoms with van der Waals surface area (Å²) in [5.41, 5.74) is 2.51. The van der Waals surface area contributed by atoms with E-state index in [-0.39, 0.29) is 18.3 Å². The SMILES string of the molecule is Cc1cccc(NC(=O)NCc2ccccc2O)c1. The number of urea groups is 1. The zero-order chi connectivity index (χ0) is 13.7.